The van der Waals surface area contributed by atoms with Crippen LogP contribution in [0, 0.1) is 11.8 Å². The predicted octanol–water partition coefficient (Wildman–Crippen LogP) is 1.83. The lowest BCUT2D eigenvalue weighted by Crippen LogP contribution is -2.37. The number of nitrogens with zero attached hydrogens (tertiary/aromatic N) is 1. The van der Waals surface area contributed by atoms with Crippen molar-refractivity contribution in [1.82, 2.24) is 4.90 Å². The van der Waals surface area contributed by atoms with Crippen molar-refractivity contribution in [3.05, 3.63) is 0 Å². The maximum absolute atomic E-state index is 13.6. The zero-order valence-corrected chi connectivity index (χ0v) is 9.16. The molecule has 0 bridgehead atoms. The van der Waals surface area contributed by atoms with E-state index < -0.39 is 17.8 Å². The molecule has 1 aliphatic heterocycles. The van der Waals surface area contributed by atoms with Crippen molar-refractivity contribution in [1.29, 1.82) is 0 Å². The predicted molar refractivity (Wildman–Crippen MR) is 54.5 cm³/mol. The highest BCUT2D eigenvalue weighted by molar-refractivity contribution is 5.66. The maximum atomic E-state index is 13.6. The number of carboxylic acid groups (broad SMARTS) is 1. The molecule has 0 unspecified atom stereocenters. The van der Waals surface area contributed by atoms with E-state index in [9.17, 15) is 13.6 Å². The van der Waals surface area contributed by atoms with Crippen LogP contribution in [0.3, 0.4) is 0 Å². The topological polar surface area (TPSA) is 40.5 Å². The SMILES string of the molecule is O=C(O)CCN1C[C@@H]2CCCC(F)(F)[C@H]2C1. The van der Waals surface area contributed by atoms with Gasteiger partial charge in [-0.3, -0.25) is 4.79 Å². The highest BCUT2D eigenvalue weighted by Crippen LogP contribution is 2.45. The molecular weight excluding hydrogens is 216 g/mol. The summed E-state index contributed by atoms with van der Waals surface area (Å²) in [5, 5.41) is 8.56. The van der Waals surface area contributed by atoms with Gasteiger partial charge in [-0.25, -0.2) is 8.78 Å². The zero-order chi connectivity index (χ0) is 11.8. The van der Waals surface area contributed by atoms with Crippen LogP contribution in [0.5, 0.6) is 0 Å². The molecule has 2 atom stereocenters. The van der Waals surface area contributed by atoms with Gasteiger partial charge >= 0.3 is 5.97 Å². The highest BCUT2D eigenvalue weighted by atomic mass is 19.3. The van der Waals surface area contributed by atoms with E-state index in [4.69, 9.17) is 5.11 Å². The molecule has 5 heteroatoms. The number of hydrogen-bond acceptors (Lipinski definition) is 2. The Kier molecular flexibility index (Phi) is 3.15. The van der Waals surface area contributed by atoms with Crippen LogP contribution in [0.2, 0.25) is 0 Å². The first-order chi connectivity index (χ1) is 7.49. The molecule has 2 aliphatic rings. The van der Waals surface area contributed by atoms with Gasteiger partial charge in [0, 0.05) is 32.0 Å². The normalized spacial score (nSPS) is 33.6. The van der Waals surface area contributed by atoms with Crippen molar-refractivity contribution >= 4 is 5.97 Å². The Morgan fingerprint density at radius 2 is 2.19 bits per heavy atom. The molecule has 1 N–H and O–H groups in total. The lowest BCUT2D eigenvalue weighted by Gasteiger charge is -2.32. The molecule has 0 aromatic rings. The summed E-state index contributed by atoms with van der Waals surface area (Å²) in [6.45, 7) is 1.41. The Morgan fingerprint density at radius 1 is 1.44 bits per heavy atom. The lowest BCUT2D eigenvalue weighted by molar-refractivity contribution is -0.137. The Bertz CT molecular complexity index is 283. The lowest BCUT2D eigenvalue weighted by atomic mass is 9.79. The fourth-order valence-corrected chi connectivity index (χ4v) is 2.95. The third kappa shape index (κ3) is 2.34. The molecule has 0 spiro atoms. The first-order valence-electron chi connectivity index (χ1n) is 5.81. The second-order valence-electron chi connectivity index (χ2n) is 4.92. The molecule has 3 nitrogen and oxygen atoms in total. The Hall–Kier alpha value is -0.710. The van der Waals surface area contributed by atoms with E-state index in [0.29, 0.717) is 26.1 Å². The number of aliphatic carboxylic acids is 1. The number of halogens is 2. The number of hydrogen-bond donors (Lipinski definition) is 1. The Morgan fingerprint density at radius 3 is 2.81 bits per heavy atom. The smallest absolute Gasteiger partial charge is 0.304 e. The fourth-order valence-electron chi connectivity index (χ4n) is 2.95. The van der Waals surface area contributed by atoms with Gasteiger partial charge in [0.2, 0.25) is 0 Å². The van der Waals surface area contributed by atoms with Crippen molar-refractivity contribution < 1.29 is 18.7 Å². The van der Waals surface area contributed by atoms with E-state index in [1.807, 2.05) is 4.90 Å². The van der Waals surface area contributed by atoms with Gasteiger partial charge in [0.05, 0.1) is 6.42 Å². The first-order valence-corrected chi connectivity index (χ1v) is 5.81. The molecule has 0 radical (unpaired) electrons. The maximum Gasteiger partial charge on any atom is 0.304 e. The summed E-state index contributed by atoms with van der Waals surface area (Å²) in [5.41, 5.74) is 0. The number of carbonyl (C=O) groups is 1. The summed E-state index contributed by atoms with van der Waals surface area (Å²) in [6, 6.07) is 0. The van der Waals surface area contributed by atoms with E-state index in [1.165, 1.54) is 0 Å². The highest BCUT2D eigenvalue weighted by Gasteiger charge is 2.50. The summed E-state index contributed by atoms with van der Waals surface area (Å²) in [7, 11) is 0. The third-order valence-electron chi connectivity index (χ3n) is 3.79. The summed E-state index contributed by atoms with van der Waals surface area (Å²) >= 11 is 0. The molecule has 0 aromatic carbocycles. The molecule has 92 valence electrons. The van der Waals surface area contributed by atoms with Gasteiger partial charge in [-0.2, -0.15) is 0 Å². The van der Waals surface area contributed by atoms with Crippen LogP contribution in [0.4, 0.5) is 8.78 Å². The molecule has 1 heterocycles. The molecule has 0 aromatic heterocycles. The standard InChI is InChI=1S/C11H17F2NO2/c12-11(13)4-1-2-8-6-14(7-9(8)11)5-3-10(15)16/h8-9H,1-7H2,(H,15,16)/t8-,9-/m0/s1. The van der Waals surface area contributed by atoms with Crippen molar-refractivity contribution in [3.8, 4) is 0 Å². The van der Waals surface area contributed by atoms with Gasteiger partial charge < -0.3 is 10.0 Å². The summed E-state index contributed by atoms with van der Waals surface area (Å²) in [6.07, 6.45) is 1.51. The van der Waals surface area contributed by atoms with Crippen LogP contribution in [0.15, 0.2) is 0 Å². The average molecular weight is 233 g/mol. The summed E-state index contributed by atoms with van der Waals surface area (Å²) < 4.78 is 27.2. The summed E-state index contributed by atoms with van der Waals surface area (Å²) in [4.78, 5) is 12.3. The Balaban J connectivity index is 1.92. The van der Waals surface area contributed by atoms with Crippen LogP contribution in [0.1, 0.15) is 25.7 Å². The van der Waals surface area contributed by atoms with Crippen molar-refractivity contribution in [2.45, 2.75) is 31.6 Å². The van der Waals surface area contributed by atoms with Crippen LogP contribution in [0.25, 0.3) is 0 Å². The van der Waals surface area contributed by atoms with Crippen LogP contribution in [-0.4, -0.2) is 41.5 Å². The van der Waals surface area contributed by atoms with Gasteiger partial charge in [0.1, 0.15) is 0 Å². The van der Waals surface area contributed by atoms with E-state index >= 15 is 0 Å². The van der Waals surface area contributed by atoms with Crippen LogP contribution >= 0.6 is 0 Å². The number of fused-ring (bicyclic) bond motifs is 1. The summed E-state index contributed by atoms with van der Waals surface area (Å²) in [5.74, 6) is -3.88. The zero-order valence-electron chi connectivity index (χ0n) is 9.16. The second kappa shape index (κ2) is 4.28. The van der Waals surface area contributed by atoms with Gasteiger partial charge in [-0.05, 0) is 18.8 Å². The quantitative estimate of drug-likeness (QED) is 0.808. The number of rotatable bonds is 3. The van der Waals surface area contributed by atoms with E-state index in [1.54, 1.807) is 0 Å². The first kappa shape index (κ1) is 11.8. The Labute approximate surface area is 93.4 Å². The number of likely N-dealkylation sites (tertiary alicyclic amines) is 1. The molecule has 0 amide bonds. The van der Waals surface area contributed by atoms with E-state index in [-0.39, 0.29) is 18.8 Å². The van der Waals surface area contributed by atoms with Gasteiger partial charge in [-0.15, -0.1) is 0 Å². The average Bonchev–Trinajstić information content (AvgIpc) is 2.59. The second-order valence-corrected chi connectivity index (χ2v) is 4.92. The van der Waals surface area contributed by atoms with Gasteiger partial charge in [0.25, 0.3) is 5.92 Å². The molecule has 1 aliphatic carbocycles. The molecule has 2 rings (SSSR count). The number of alkyl halides is 2. The van der Waals surface area contributed by atoms with Gasteiger partial charge in [0.15, 0.2) is 0 Å². The van der Waals surface area contributed by atoms with Crippen molar-refractivity contribution in [2.75, 3.05) is 19.6 Å². The van der Waals surface area contributed by atoms with Crippen molar-refractivity contribution in [2.24, 2.45) is 11.8 Å². The fraction of sp³-hybridized carbons (Fsp3) is 0.909. The minimum atomic E-state index is -2.54. The molecule has 16 heavy (non-hydrogen) atoms. The minimum absolute atomic E-state index is 0.000930. The van der Waals surface area contributed by atoms with E-state index in [2.05, 4.69) is 0 Å². The van der Waals surface area contributed by atoms with Crippen LogP contribution < -0.4 is 0 Å². The molecule has 2 fully saturated rings. The number of carboxylic acids is 1. The monoisotopic (exact) mass is 233 g/mol. The minimum Gasteiger partial charge on any atom is -0.481 e. The van der Waals surface area contributed by atoms with E-state index in [0.717, 1.165) is 6.42 Å². The largest absolute Gasteiger partial charge is 0.481 e. The third-order valence-corrected chi connectivity index (χ3v) is 3.79. The molecule has 1 saturated carbocycles. The molecular formula is C11H17F2NO2. The van der Waals surface area contributed by atoms with Crippen LogP contribution in [-0.2, 0) is 4.79 Å². The molecule has 1 saturated heterocycles. The van der Waals surface area contributed by atoms with Crippen molar-refractivity contribution in [3.63, 3.8) is 0 Å². The van der Waals surface area contributed by atoms with Gasteiger partial charge in [-0.1, -0.05) is 0 Å².